The van der Waals surface area contributed by atoms with Gasteiger partial charge in [-0.25, -0.2) is 4.68 Å². The van der Waals surface area contributed by atoms with Gasteiger partial charge in [-0.3, -0.25) is 4.79 Å². The SMILES string of the molecule is CCn1ncc(NCC2(C)CCNCC2)c(Cl)c1=O. The molecule has 0 aromatic carbocycles. The number of piperidine rings is 1. The summed E-state index contributed by atoms with van der Waals surface area (Å²) >= 11 is 6.09. The molecule has 2 N–H and O–H groups in total. The lowest BCUT2D eigenvalue weighted by Crippen LogP contribution is -2.39. The number of aromatic nitrogens is 2. The van der Waals surface area contributed by atoms with Gasteiger partial charge < -0.3 is 10.6 Å². The minimum atomic E-state index is -0.232. The van der Waals surface area contributed by atoms with Crippen LogP contribution in [0.15, 0.2) is 11.0 Å². The van der Waals surface area contributed by atoms with E-state index in [1.165, 1.54) is 4.68 Å². The Hall–Kier alpha value is -1.07. The molecule has 0 bridgehead atoms. The zero-order valence-electron chi connectivity index (χ0n) is 11.5. The van der Waals surface area contributed by atoms with E-state index in [-0.39, 0.29) is 16.0 Å². The Balaban J connectivity index is 2.07. The highest BCUT2D eigenvalue weighted by Crippen LogP contribution is 2.28. The molecule has 1 aliphatic heterocycles. The Labute approximate surface area is 118 Å². The van der Waals surface area contributed by atoms with Gasteiger partial charge in [-0.05, 0) is 38.3 Å². The smallest absolute Gasteiger partial charge is 0.287 e. The van der Waals surface area contributed by atoms with Crippen molar-refractivity contribution in [2.75, 3.05) is 25.0 Å². The number of hydrogen-bond acceptors (Lipinski definition) is 4. The molecule has 1 saturated heterocycles. The predicted molar refractivity (Wildman–Crippen MR) is 77.9 cm³/mol. The maximum atomic E-state index is 11.9. The second-order valence-corrected chi connectivity index (χ2v) is 5.79. The molecule has 0 radical (unpaired) electrons. The lowest BCUT2D eigenvalue weighted by atomic mass is 9.81. The van der Waals surface area contributed by atoms with Crippen LogP contribution in [0, 0.1) is 5.41 Å². The van der Waals surface area contributed by atoms with Gasteiger partial charge in [0.1, 0.15) is 5.02 Å². The van der Waals surface area contributed by atoms with Crippen molar-refractivity contribution < 1.29 is 0 Å². The Morgan fingerprint density at radius 3 is 2.84 bits per heavy atom. The molecule has 0 aliphatic carbocycles. The maximum Gasteiger partial charge on any atom is 0.287 e. The average molecular weight is 285 g/mol. The van der Waals surface area contributed by atoms with Gasteiger partial charge in [-0.15, -0.1) is 0 Å². The molecule has 0 unspecified atom stereocenters. The zero-order chi connectivity index (χ0) is 13.9. The van der Waals surface area contributed by atoms with Gasteiger partial charge in [0.25, 0.3) is 5.56 Å². The van der Waals surface area contributed by atoms with Crippen molar-refractivity contribution in [3.05, 3.63) is 21.6 Å². The highest BCUT2D eigenvalue weighted by atomic mass is 35.5. The third-order valence-corrected chi connectivity index (χ3v) is 4.17. The van der Waals surface area contributed by atoms with Crippen molar-refractivity contribution in [1.82, 2.24) is 15.1 Å². The third kappa shape index (κ3) is 3.28. The van der Waals surface area contributed by atoms with Crippen molar-refractivity contribution in [3.63, 3.8) is 0 Å². The summed E-state index contributed by atoms with van der Waals surface area (Å²) in [5.41, 5.74) is 0.648. The van der Waals surface area contributed by atoms with E-state index in [4.69, 9.17) is 11.6 Å². The molecule has 1 aliphatic rings. The van der Waals surface area contributed by atoms with Crippen LogP contribution in [0.5, 0.6) is 0 Å². The van der Waals surface area contributed by atoms with Gasteiger partial charge in [0.15, 0.2) is 0 Å². The van der Waals surface area contributed by atoms with E-state index in [0.717, 1.165) is 32.5 Å². The van der Waals surface area contributed by atoms with Crippen molar-refractivity contribution in [2.24, 2.45) is 5.41 Å². The van der Waals surface area contributed by atoms with Gasteiger partial charge in [0.05, 0.1) is 11.9 Å². The predicted octanol–water partition coefficient (Wildman–Crippen LogP) is 1.72. The van der Waals surface area contributed by atoms with E-state index in [9.17, 15) is 4.79 Å². The standard InChI is InChI=1S/C13H21ClN4O/c1-3-18-12(19)11(14)10(8-17-18)16-9-13(2)4-6-15-7-5-13/h8,15-16H,3-7,9H2,1-2H3. The molecule has 0 amide bonds. The first-order valence-electron chi connectivity index (χ1n) is 6.76. The zero-order valence-corrected chi connectivity index (χ0v) is 12.3. The number of aryl methyl sites for hydroxylation is 1. The quantitative estimate of drug-likeness (QED) is 0.884. The largest absolute Gasteiger partial charge is 0.382 e. The highest BCUT2D eigenvalue weighted by molar-refractivity contribution is 6.32. The fraction of sp³-hybridized carbons (Fsp3) is 0.692. The van der Waals surface area contributed by atoms with Gasteiger partial charge in [-0.1, -0.05) is 18.5 Å². The summed E-state index contributed by atoms with van der Waals surface area (Å²) in [5, 5.41) is 11.0. The number of halogens is 1. The van der Waals surface area contributed by atoms with Crippen LogP contribution in [0.1, 0.15) is 26.7 Å². The Kier molecular flexibility index (Phi) is 4.47. The van der Waals surface area contributed by atoms with Gasteiger partial charge in [0, 0.05) is 13.1 Å². The summed E-state index contributed by atoms with van der Waals surface area (Å²) in [7, 11) is 0. The lowest BCUT2D eigenvalue weighted by molar-refractivity contribution is 0.247. The fourth-order valence-electron chi connectivity index (χ4n) is 2.33. The number of anilines is 1. The first-order chi connectivity index (χ1) is 9.06. The second-order valence-electron chi connectivity index (χ2n) is 5.41. The first kappa shape index (κ1) is 14.3. The monoisotopic (exact) mass is 284 g/mol. The molecular formula is C13H21ClN4O. The number of rotatable bonds is 4. The molecule has 1 aromatic heterocycles. The highest BCUT2D eigenvalue weighted by Gasteiger charge is 2.26. The molecule has 0 spiro atoms. The van der Waals surface area contributed by atoms with Crippen LogP contribution in [0.3, 0.4) is 0 Å². The number of nitrogens with one attached hydrogen (secondary N) is 2. The third-order valence-electron chi connectivity index (χ3n) is 3.80. The summed E-state index contributed by atoms with van der Waals surface area (Å²) in [6.45, 7) is 7.56. The van der Waals surface area contributed by atoms with Crippen molar-refractivity contribution in [3.8, 4) is 0 Å². The number of hydrogen-bond donors (Lipinski definition) is 2. The Morgan fingerprint density at radius 2 is 2.21 bits per heavy atom. The van der Waals surface area contributed by atoms with E-state index in [2.05, 4.69) is 22.7 Å². The maximum absolute atomic E-state index is 11.9. The summed E-state index contributed by atoms with van der Waals surface area (Å²) in [4.78, 5) is 11.9. The summed E-state index contributed by atoms with van der Waals surface area (Å²) in [6.07, 6.45) is 3.88. The average Bonchev–Trinajstić information content (AvgIpc) is 2.41. The van der Waals surface area contributed by atoms with E-state index in [0.29, 0.717) is 12.2 Å². The summed E-state index contributed by atoms with van der Waals surface area (Å²) in [5.74, 6) is 0. The minimum absolute atomic E-state index is 0.231. The van der Waals surface area contributed by atoms with E-state index < -0.39 is 0 Å². The molecule has 0 saturated carbocycles. The van der Waals surface area contributed by atoms with Gasteiger partial charge in [0.2, 0.25) is 0 Å². The number of nitrogens with zero attached hydrogens (tertiary/aromatic N) is 2. The lowest BCUT2D eigenvalue weighted by Gasteiger charge is -2.34. The normalized spacial score (nSPS) is 18.3. The summed E-state index contributed by atoms with van der Waals surface area (Å²) in [6, 6.07) is 0. The first-order valence-corrected chi connectivity index (χ1v) is 7.14. The van der Waals surface area contributed by atoms with Crippen molar-refractivity contribution >= 4 is 17.3 Å². The second kappa shape index (κ2) is 5.92. The van der Waals surface area contributed by atoms with Crippen LogP contribution in [-0.4, -0.2) is 29.4 Å². The van der Waals surface area contributed by atoms with Crippen molar-refractivity contribution in [2.45, 2.75) is 33.2 Å². The molecule has 2 rings (SSSR count). The van der Waals surface area contributed by atoms with Crippen LogP contribution in [0.2, 0.25) is 5.02 Å². The molecule has 1 fully saturated rings. The van der Waals surface area contributed by atoms with E-state index >= 15 is 0 Å². The Morgan fingerprint density at radius 1 is 1.53 bits per heavy atom. The van der Waals surface area contributed by atoms with Crippen molar-refractivity contribution in [1.29, 1.82) is 0 Å². The topological polar surface area (TPSA) is 59.0 Å². The van der Waals surface area contributed by atoms with Gasteiger partial charge >= 0.3 is 0 Å². The van der Waals surface area contributed by atoms with E-state index in [1.54, 1.807) is 6.20 Å². The molecule has 19 heavy (non-hydrogen) atoms. The molecule has 1 aromatic rings. The van der Waals surface area contributed by atoms with Crippen LogP contribution in [0.25, 0.3) is 0 Å². The molecule has 2 heterocycles. The molecular weight excluding hydrogens is 264 g/mol. The summed E-state index contributed by atoms with van der Waals surface area (Å²) < 4.78 is 1.36. The minimum Gasteiger partial charge on any atom is -0.382 e. The van der Waals surface area contributed by atoms with Gasteiger partial charge in [-0.2, -0.15) is 5.10 Å². The Bertz CT molecular complexity index is 494. The molecule has 0 atom stereocenters. The van der Waals surface area contributed by atoms with Crippen LogP contribution < -0.4 is 16.2 Å². The molecule has 6 heteroatoms. The fourth-order valence-corrected chi connectivity index (χ4v) is 2.54. The van der Waals surface area contributed by atoms with Crippen LogP contribution in [0.4, 0.5) is 5.69 Å². The van der Waals surface area contributed by atoms with Crippen LogP contribution >= 0.6 is 11.6 Å². The molecule has 106 valence electrons. The molecule has 5 nitrogen and oxygen atoms in total. The van der Waals surface area contributed by atoms with Crippen LogP contribution in [-0.2, 0) is 6.54 Å². The van der Waals surface area contributed by atoms with E-state index in [1.807, 2.05) is 6.92 Å².